The lowest BCUT2D eigenvalue weighted by Gasteiger charge is -2.20. The fraction of sp³-hybridized carbons (Fsp3) is 0. The molecule has 0 atom stereocenters. The van der Waals surface area contributed by atoms with Gasteiger partial charge in [0, 0.05) is 32.1 Å². The van der Waals surface area contributed by atoms with Gasteiger partial charge < -0.3 is 4.57 Å². The van der Waals surface area contributed by atoms with Crippen LogP contribution in [0.4, 0.5) is 0 Å². The molecule has 0 saturated heterocycles. The van der Waals surface area contributed by atoms with Crippen molar-refractivity contribution in [2.45, 2.75) is 0 Å². The maximum atomic E-state index is 15.1. The van der Waals surface area contributed by atoms with E-state index in [4.69, 9.17) is 4.98 Å². The maximum Gasteiger partial charge on any atom is 0.171 e. The third-order valence-corrected chi connectivity index (χ3v) is 14.0. The van der Waals surface area contributed by atoms with Gasteiger partial charge in [0.2, 0.25) is 0 Å². The van der Waals surface area contributed by atoms with Crippen molar-refractivity contribution in [2.75, 3.05) is 0 Å². The minimum Gasteiger partial charge on any atom is -0.309 e. The van der Waals surface area contributed by atoms with E-state index >= 15 is 4.57 Å². The summed E-state index contributed by atoms with van der Waals surface area (Å²) in [5.41, 5.74) is 6.64. The van der Waals surface area contributed by atoms with Gasteiger partial charge in [-0.25, -0.2) is 4.98 Å². The number of aromatic nitrogens is 2. The molecule has 11 rings (SSSR count). The molecule has 0 amide bonds. The van der Waals surface area contributed by atoms with E-state index in [1.807, 2.05) is 60.7 Å². The Morgan fingerprint density at radius 3 is 1.64 bits per heavy atom. The van der Waals surface area contributed by atoms with E-state index in [1.54, 1.807) is 0 Å². The lowest BCUT2D eigenvalue weighted by Crippen LogP contribution is -2.24. The second-order valence-electron chi connectivity index (χ2n) is 13.9. The zero-order valence-electron chi connectivity index (χ0n) is 28.6. The Hall–Kier alpha value is -6.54. The molecule has 0 radical (unpaired) electrons. The smallest absolute Gasteiger partial charge is 0.171 e. The minimum atomic E-state index is -3.06. The summed E-state index contributed by atoms with van der Waals surface area (Å²) in [4.78, 5) is 5.11. The maximum absolute atomic E-state index is 15.1. The molecule has 0 saturated carbocycles. The highest BCUT2D eigenvalue weighted by Gasteiger charge is 2.29. The summed E-state index contributed by atoms with van der Waals surface area (Å²) in [7, 11) is -3.06. The number of para-hydroxylation sites is 2. The Bertz CT molecular complexity index is 3270. The predicted octanol–water partition coefficient (Wildman–Crippen LogP) is 11.6. The van der Waals surface area contributed by atoms with E-state index in [1.165, 1.54) is 49.0 Å². The molecule has 9 aromatic carbocycles. The lowest BCUT2D eigenvalue weighted by molar-refractivity contribution is 0.592. The van der Waals surface area contributed by atoms with Gasteiger partial charge in [0.25, 0.3) is 0 Å². The summed E-state index contributed by atoms with van der Waals surface area (Å²) in [6.07, 6.45) is 0. The fourth-order valence-electron chi connectivity index (χ4n) is 8.45. The highest BCUT2D eigenvalue weighted by Crippen LogP contribution is 2.44. The summed E-state index contributed by atoms with van der Waals surface area (Å²) in [5, 5.41) is 13.1. The average Bonchev–Trinajstić information content (AvgIpc) is 3.63. The number of pyridine rings is 1. The first-order valence-corrected chi connectivity index (χ1v) is 19.7. The zero-order chi connectivity index (χ0) is 35.1. The van der Waals surface area contributed by atoms with E-state index in [0.29, 0.717) is 0 Å². The monoisotopic (exact) mass is 694 g/mol. The van der Waals surface area contributed by atoms with Crippen LogP contribution in [-0.2, 0) is 4.57 Å². The molecule has 0 fully saturated rings. The largest absolute Gasteiger partial charge is 0.309 e. The highest BCUT2D eigenvalue weighted by molar-refractivity contribution is 7.85. The van der Waals surface area contributed by atoms with Crippen molar-refractivity contribution < 1.29 is 4.57 Å². The van der Waals surface area contributed by atoms with Crippen molar-refractivity contribution in [2.24, 2.45) is 0 Å². The number of hydrogen-bond acceptors (Lipinski definition) is 2. The van der Waals surface area contributed by atoms with Crippen molar-refractivity contribution in [1.82, 2.24) is 9.38 Å². The van der Waals surface area contributed by atoms with Crippen LogP contribution < -0.4 is 15.9 Å². The third kappa shape index (κ3) is 4.48. The summed E-state index contributed by atoms with van der Waals surface area (Å²) in [6, 6.07) is 65.6. The SMILES string of the molecule is O=P(c1ccccc1)(c1ccccc1)c1ccc2c(ccc3cc(-c4ccc5c(ccc6c7ccccc7c7nc8ccccc8n7c56)c4)ccc32)c1. The molecule has 0 spiro atoms. The average molecular weight is 695 g/mol. The van der Waals surface area contributed by atoms with Gasteiger partial charge in [-0.2, -0.15) is 0 Å². The number of benzene rings is 9. The van der Waals surface area contributed by atoms with Gasteiger partial charge in [0.1, 0.15) is 5.65 Å². The van der Waals surface area contributed by atoms with Crippen LogP contribution in [-0.4, -0.2) is 9.38 Å². The molecule has 3 nitrogen and oxygen atoms in total. The molecule has 4 heteroatoms. The molecule has 248 valence electrons. The summed E-state index contributed by atoms with van der Waals surface area (Å²) < 4.78 is 17.4. The number of nitrogens with zero attached hydrogens (tertiary/aromatic N) is 2. The van der Waals surface area contributed by atoms with Crippen LogP contribution in [0, 0.1) is 0 Å². The first-order chi connectivity index (χ1) is 26.1. The number of fused-ring (bicyclic) bond motifs is 13. The Morgan fingerprint density at radius 2 is 0.925 bits per heavy atom. The molecule has 0 aliphatic heterocycles. The van der Waals surface area contributed by atoms with Crippen molar-refractivity contribution in [1.29, 1.82) is 0 Å². The predicted molar refractivity (Wildman–Crippen MR) is 225 cm³/mol. The summed E-state index contributed by atoms with van der Waals surface area (Å²) in [6.45, 7) is 0. The van der Waals surface area contributed by atoms with Crippen molar-refractivity contribution >= 4 is 93.7 Å². The van der Waals surface area contributed by atoms with Gasteiger partial charge in [-0.05, 0) is 73.8 Å². The van der Waals surface area contributed by atoms with Crippen LogP contribution >= 0.6 is 7.14 Å². The number of imidazole rings is 1. The van der Waals surface area contributed by atoms with Crippen molar-refractivity contribution in [3.63, 3.8) is 0 Å². The number of rotatable bonds is 4. The summed E-state index contributed by atoms with van der Waals surface area (Å²) >= 11 is 0. The molecule has 2 aromatic heterocycles. The second-order valence-corrected chi connectivity index (χ2v) is 16.7. The Balaban J connectivity index is 1.04. The highest BCUT2D eigenvalue weighted by atomic mass is 31.2. The van der Waals surface area contributed by atoms with Crippen LogP contribution in [0.5, 0.6) is 0 Å². The lowest BCUT2D eigenvalue weighted by atomic mass is 9.95. The molecule has 2 heterocycles. The molecular weight excluding hydrogens is 664 g/mol. The van der Waals surface area contributed by atoms with Gasteiger partial charge in [-0.1, -0.05) is 158 Å². The quantitative estimate of drug-likeness (QED) is 0.136. The number of hydrogen-bond donors (Lipinski definition) is 0. The molecule has 0 N–H and O–H groups in total. The van der Waals surface area contributed by atoms with Crippen LogP contribution in [0.3, 0.4) is 0 Å². The molecule has 11 aromatic rings. The molecule has 0 aliphatic carbocycles. The summed E-state index contributed by atoms with van der Waals surface area (Å²) in [5.74, 6) is 0. The second kappa shape index (κ2) is 11.5. The molecular formula is C49H31N2OP. The molecule has 53 heavy (non-hydrogen) atoms. The zero-order valence-corrected chi connectivity index (χ0v) is 29.5. The Morgan fingerprint density at radius 1 is 0.396 bits per heavy atom. The molecule has 0 bridgehead atoms. The first kappa shape index (κ1) is 30.1. The van der Waals surface area contributed by atoms with E-state index in [-0.39, 0.29) is 0 Å². The van der Waals surface area contributed by atoms with Crippen LogP contribution in [0.1, 0.15) is 0 Å². The Kier molecular flexibility index (Phi) is 6.53. The normalized spacial score (nSPS) is 12.2. The van der Waals surface area contributed by atoms with Crippen molar-refractivity contribution in [3.05, 3.63) is 188 Å². The topological polar surface area (TPSA) is 34.4 Å². The van der Waals surface area contributed by atoms with Crippen LogP contribution in [0.25, 0.3) is 81.8 Å². The minimum absolute atomic E-state index is 0.843. The third-order valence-electron chi connectivity index (χ3n) is 11.0. The van der Waals surface area contributed by atoms with E-state index in [0.717, 1.165) is 48.8 Å². The first-order valence-electron chi connectivity index (χ1n) is 18.0. The van der Waals surface area contributed by atoms with Gasteiger partial charge in [-0.15, -0.1) is 0 Å². The fourth-order valence-corrected chi connectivity index (χ4v) is 11.1. The molecule has 0 unspecified atom stereocenters. The Labute approximate surface area is 305 Å². The van der Waals surface area contributed by atoms with E-state index < -0.39 is 7.14 Å². The van der Waals surface area contributed by atoms with Gasteiger partial charge in [0.05, 0.1) is 16.6 Å². The van der Waals surface area contributed by atoms with E-state index in [9.17, 15) is 0 Å². The van der Waals surface area contributed by atoms with E-state index in [2.05, 4.69) is 132 Å². The van der Waals surface area contributed by atoms with Crippen LogP contribution in [0.15, 0.2) is 188 Å². The van der Waals surface area contributed by atoms with Gasteiger partial charge in [0.15, 0.2) is 7.14 Å². The standard InChI is InChI=1S/C49H31N2OP/c52-53(37-11-3-1-4-12-37,38-13-5-2-6-14-38)39-24-28-41-36(31-39)20-19-34-29-32(21-25-40(34)41)33-22-26-42-35(30-33)23-27-44-43-15-7-8-16-45(43)49-50-46-17-9-10-18-47(46)51(49)48(42)44/h1-31H. The van der Waals surface area contributed by atoms with Gasteiger partial charge in [-0.3, -0.25) is 4.40 Å². The van der Waals surface area contributed by atoms with Crippen LogP contribution in [0.2, 0.25) is 0 Å². The van der Waals surface area contributed by atoms with Crippen molar-refractivity contribution in [3.8, 4) is 11.1 Å². The van der Waals surface area contributed by atoms with Gasteiger partial charge >= 0.3 is 0 Å². The molecule has 0 aliphatic rings.